The summed E-state index contributed by atoms with van der Waals surface area (Å²) in [5.41, 5.74) is 5.05. The zero-order valence-electron chi connectivity index (χ0n) is 17.7. The van der Waals surface area contributed by atoms with Crippen LogP contribution in [0.25, 0.3) is 16.6 Å². The van der Waals surface area contributed by atoms with E-state index in [0.29, 0.717) is 5.56 Å². The van der Waals surface area contributed by atoms with Crippen molar-refractivity contribution in [3.63, 3.8) is 0 Å². The third-order valence-corrected chi connectivity index (χ3v) is 5.08. The number of aryl methyl sites for hydroxylation is 2. The molecule has 0 amide bonds. The minimum atomic E-state index is -0.439. The maximum atomic E-state index is 12.4. The molecule has 0 saturated heterocycles. The Labute approximate surface area is 179 Å². The van der Waals surface area contributed by atoms with Crippen LogP contribution < -0.4 is 0 Å². The predicted octanol–water partition coefficient (Wildman–Crippen LogP) is 3.97. The summed E-state index contributed by atoms with van der Waals surface area (Å²) in [5, 5.41) is 5.21. The smallest absolute Gasteiger partial charge is 0.340 e. The SMILES string of the molecule is COC(=O)c1cn(CC(=O)OCc2ccc(-n3nc(C)cc3C)cc2)c2ccccc12. The van der Waals surface area contributed by atoms with E-state index in [1.165, 1.54) is 7.11 Å². The Morgan fingerprint density at radius 2 is 1.77 bits per heavy atom. The fourth-order valence-corrected chi connectivity index (χ4v) is 3.62. The van der Waals surface area contributed by atoms with Gasteiger partial charge in [0, 0.05) is 22.8 Å². The van der Waals surface area contributed by atoms with E-state index in [-0.39, 0.29) is 19.1 Å². The molecule has 2 aromatic heterocycles. The number of fused-ring (bicyclic) bond motifs is 1. The highest BCUT2D eigenvalue weighted by Gasteiger charge is 2.17. The van der Waals surface area contributed by atoms with E-state index >= 15 is 0 Å². The first-order valence-electron chi connectivity index (χ1n) is 9.90. The van der Waals surface area contributed by atoms with Gasteiger partial charge in [0.25, 0.3) is 0 Å². The predicted molar refractivity (Wildman–Crippen MR) is 116 cm³/mol. The highest BCUT2D eigenvalue weighted by molar-refractivity contribution is 6.04. The lowest BCUT2D eigenvalue weighted by Crippen LogP contribution is -2.13. The summed E-state index contributed by atoms with van der Waals surface area (Å²) >= 11 is 0. The molecule has 0 aliphatic rings. The second kappa shape index (κ2) is 8.47. The number of ether oxygens (including phenoxy) is 2. The summed E-state index contributed by atoms with van der Waals surface area (Å²) < 4.78 is 13.9. The Balaban J connectivity index is 1.43. The molecule has 0 fully saturated rings. The van der Waals surface area contributed by atoms with Gasteiger partial charge in [0.2, 0.25) is 0 Å². The molecule has 7 heteroatoms. The van der Waals surface area contributed by atoms with Gasteiger partial charge >= 0.3 is 11.9 Å². The van der Waals surface area contributed by atoms with Crippen LogP contribution in [0, 0.1) is 13.8 Å². The third kappa shape index (κ3) is 4.21. The van der Waals surface area contributed by atoms with Gasteiger partial charge in [-0.25, -0.2) is 9.48 Å². The minimum absolute atomic E-state index is 0.00134. The van der Waals surface area contributed by atoms with E-state index < -0.39 is 5.97 Å². The van der Waals surface area contributed by atoms with Crippen molar-refractivity contribution >= 4 is 22.8 Å². The zero-order chi connectivity index (χ0) is 22.0. The molecular formula is C24H23N3O4. The van der Waals surface area contributed by atoms with Crippen molar-refractivity contribution < 1.29 is 19.1 Å². The lowest BCUT2D eigenvalue weighted by Gasteiger charge is -2.08. The van der Waals surface area contributed by atoms with Crippen LogP contribution in [0.15, 0.2) is 60.8 Å². The number of benzene rings is 2. The molecule has 31 heavy (non-hydrogen) atoms. The Hall–Kier alpha value is -3.87. The van der Waals surface area contributed by atoms with E-state index in [1.54, 1.807) is 10.8 Å². The van der Waals surface area contributed by atoms with Crippen LogP contribution in [0.4, 0.5) is 0 Å². The average Bonchev–Trinajstić information content (AvgIpc) is 3.31. The van der Waals surface area contributed by atoms with Gasteiger partial charge in [0.1, 0.15) is 13.2 Å². The lowest BCUT2D eigenvalue weighted by atomic mass is 10.2. The molecule has 0 aliphatic carbocycles. The molecule has 4 rings (SSSR count). The lowest BCUT2D eigenvalue weighted by molar-refractivity contribution is -0.145. The van der Waals surface area contributed by atoms with Crippen LogP contribution in [0.2, 0.25) is 0 Å². The van der Waals surface area contributed by atoms with Gasteiger partial charge in [-0.1, -0.05) is 30.3 Å². The summed E-state index contributed by atoms with van der Waals surface area (Å²) in [6.45, 7) is 4.13. The van der Waals surface area contributed by atoms with E-state index in [4.69, 9.17) is 9.47 Å². The van der Waals surface area contributed by atoms with Crippen LogP contribution in [0.5, 0.6) is 0 Å². The molecule has 7 nitrogen and oxygen atoms in total. The maximum absolute atomic E-state index is 12.4. The molecule has 0 bridgehead atoms. The van der Waals surface area contributed by atoms with Gasteiger partial charge in [0.05, 0.1) is 24.1 Å². The summed E-state index contributed by atoms with van der Waals surface area (Å²) in [6.07, 6.45) is 1.63. The van der Waals surface area contributed by atoms with Crippen LogP contribution >= 0.6 is 0 Å². The van der Waals surface area contributed by atoms with Crippen LogP contribution in [0.3, 0.4) is 0 Å². The fraction of sp³-hybridized carbons (Fsp3) is 0.208. The van der Waals surface area contributed by atoms with Crippen molar-refractivity contribution in [1.82, 2.24) is 14.3 Å². The summed E-state index contributed by atoms with van der Waals surface area (Å²) in [4.78, 5) is 24.5. The summed E-state index contributed by atoms with van der Waals surface area (Å²) in [5.74, 6) is -0.828. The number of aromatic nitrogens is 3. The number of esters is 2. The first-order valence-corrected chi connectivity index (χ1v) is 9.90. The van der Waals surface area contributed by atoms with Crippen molar-refractivity contribution in [2.75, 3.05) is 7.11 Å². The first-order chi connectivity index (χ1) is 15.0. The highest BCUT2D eigenvalue weighted by atomic mass is 16.5. The Morgan fingerprint density at radius 1 is 1.03 bits per heavy atom. The van der Waals surface area contributed by atoms with Crippen LogP contribution in [-0.2, 0) is 27.4 Å². The van der Waals surface area contributed by atoms with Crippen LogP contribution in [0.1, 0.15) is 27.3 Å². The zero-order valence-corrected chi connectivity index (χ0v) is 17.7. The van der Waals surface area contributed by atoms with Gasteiger partial charge in [-0.15, -0.1) is 0 Å². The molecular weight excluding hydrogens is 394 g/mol. The van der Waals surface area contributed by atoms with Gasteiger partial charge in [-0.2, -0.15) is 5.10 Å². The minimum Gasteiger partial charge on any atom is -0.465 e. The number of methoxy groups -OCH3 is 1. The van der Waals surface area contributed by atoms with Gasteiger partial charge < -0.3 is 14.0 Å². The Morgan fingerprint density at radius 3 is 2.45 bits per heavy atom. The molecule has 2 heterocycles. The number of hydrogen-bond donors (Lipinski definition) is 0. The standard InChI is InChI=1S/C24H23N3O4/c1-16-12-17(2)27(25-16)19-10-8-18(9-11-19)15-31-23(28)14-26-13-21(24(29)30-3)20-6-4-5-7-22(20)26/h4-13H,14-15H2,1-3H3. The first kappa shape index (κ1) is 20.4. The molecule has 2 aromatic carbocycles. The molecule has 0 saturated carbocycles. The van der Waals surface area contributed by atoms with Gasteiger partial charge in [-0.05, 0) is 43.7 Å². The van der Waals surface area contributed by atoms with Crippen molar-refractivity contribution in [1.29, 1.82) is 0 Å². The number of hydrogen-bond acceptors (Lipinski definition) is 5. The normalized spacial score (nSPS) is 10.9. The van der Waals surface area contributed by atoms with Crippen molar-refractivity contribution in [2.45, 2.75) is 27.0 Å². The quantitative estimate of drug-likeness (QED) is 0.444. The molecule has 0 unspecified atom stereocenters. The summed E-state index contributed by atoms with van der Waals surface area (Å²) in [7, 11) is 1.34. The van der Waals surface area contributed by atoms with Gasteiger partial charge in [-0.3, -0.25) is 4.79 Å². The molecule has 0 radical (unpaired) electrons. The molecule has 0 atom stereocenters. The molecule has 0 spiro atoms. The van der Waals surface area contributed by atoms with Crippen LogP contribution in [-0.4, -0.2) is 33.4 Å². The summed E-state index contributed by atoms with van der Waals surface area (Å²) in [6, 6.07) is 17.1. The third-order valence-electron chi connectivity index (χ3n) is 5.08. The number of para-hydroxylation sites is 1. The largest absolute Gasteiger partial charge is 0.465 e. The second-order valence-corrected chi connectivity index (χ2v) is 7.35. The molecule has 4 aromatic rings. The number of nitrogens with zero attached hydrogens (tertiary/aromatic N) is 3. The van der Waals surface area contributed by atoms with Crippen molar-refractivity contribution in [3.8, 4) is 5.69 Å². The van der Waals surface area contributed by atoms with E-state index in [2.05, 4.69) is 5.10 Å². The van der Waals surface area contributed by atoms with Crippen molar-refractivity contribution in [3.05, 3.63) is 83.3 Å². The van der Waals surface area contributed by atoms with Gasteiger partial charge in [0.15, 0.2) is 0 Å². The number of rotatable bonds is 6. The Kier molecular flexibility index (Phi) is 5.58. The fourth-order valence-electron chi connectivity index (χ4n) is 3.62. The highest BCUT2D eigenvalue weighted by Crippen LogP contribution is 2.22. The topological polar surface area (TPSA) is 75.3 Å². The molecule has 158 valence electrons. The molecule has 0 aliphatic heterocycles. The molecule has 0 N–H and O–H groups in total. The number of carbonyl (C=O) groups excluding carboxylic acids is 2. The average molecular weight is 417 g/mol. The van der Waals surface area contributed by atoms with Crippen molar-refractivity contribution in [2.24, 2.45) is 0 Å². The monoisotopic (exact) mass is 417 g/mol. The number of carbonyl (C=O) groups is 2. The second-order valence-electron chi connectivity index (χ2n) is 7.35. The van der Waals surface area contributed by atoms with E-state index in [0.717, 1.165) is 33.5 Å². The van der Waals surface area contributed by atoms with E-state index in [9.17, 15) is 9.59 Å². The van der Waals surface area contributed by atoms with E-state index in [1.807, 2.05) is 73.1 Å². The Bertz CT molecular complexity index is 1250. The maximum Gasteiger partial charge on any atom is 0.340 e.